The number of carbonyl (C=O) groups is 3. The highest BCUT2D eigenvalue weighted by Gasteiger charge is 2.53. The molecule has 3 fully saturated rings. The van der Waals surface area contributed by atoms with Crippen LogP contribution < -0.4 is 0 Å². The molecule has 76 heavy (non-hydrogen) atoms. The van der Waals surface area contributed by atoms with Gasteiger partial charge in [0.05, 0.1) is 36.2 Å². The molecule has 0 aromatic heterocycles. The number of terminal acetylenes is 1. The molecule has 16 atom stereocenters. The molecule has 1 aromatic rings. The fourth-order valence-electron chi connectivity index (χ4n) is 11.6. The minimum absolute atomic E-state index is 0.0817. The van der Waals surface area contributed by atoms with E-state index >= 15 is 0 Å². The molecule has 1 amide bonds. The topological polar surface area (TPSA) is 192 Å². The van der Waals surface area contributed by atoms with Gasteiger partial charge >= 0.3 is 5.97 Å². The van der Waals surface area contributed by atoms with Gasteiger partial charge in [-0.05, 0) is 125 Å². The molecule has 0 spiro atoms. The predicted octanol–water partition coefficient (Wildman–Crippen LogP) is 8.61. The molecule has 0 radical (unpaired) electrons. The summed E-state index contributed by atoms with van der Waals surface area (Å²) in [7, 11) is 6.36. The molecule has 2 bridgehead atoms. The lowest BCUT2D eigenvalue weighted by Gasteiger charge is -2.43. The Labute approximate surface area is 453 Å². The second-order valence-electron chi connectivity index (χ2n) is 22.2. The number of nitrogens with zero attached hydrogens (tertiary/aromatic N) is 2. The number of oxime groups is 1. The number of ketones is 1. The molecular weight excluding hydrogens is 969 g/mol. The van der Waals surface area contributed by atoms with Gasteiger partial charge in [0.2, 0.25) is 5.79 Å². The summed E-state index contributed by atoms with van der Waals surface area (Å²) in [5.41, 5.74) is 3.69. The van der Waals surface area contributed by atoms with Crippen molar-refractivity contribution in [1.82, 2.24) is 4.90 Å². The number of hydrogen-bond donors (Lipinski definition) is 3. The third kappa shape index (κ3) is 16.8. The Bertz CT molecular complexity index is 2230. The van der Waals surface area contributed by atoms with E-state index in [-0.39, 0.29) is 61.7 Å². The maximum Gasteiger partial charge on any atom is 0.329 e. The van der Waals surface area contributed by atoms with Crippen molar-refractivity contribution < 1.29 is 63.0 Å². The zero-order valence-electron chi connectivity index (χ0n) is 47.2. The monoisotopic (exact) mass is 1060 g/mol. The smallest absolute Gasteiger partial charge is 0.329 e. The molecule has 422 valence electrons. The van der Waals surface area contributed by atoms with Crippen LogP contribution >= 0.6 is 0 Å². The van der Waals surface area contributed by atoms with Crippen LogP contribution in [0.25, 0.3) is 0 Å². The summed E-state index contributed by atoms with van der Waals surface area (Å²) in [6, 6.07) is 6.41. The van der Waals surface area contributed by atoms with Crippen molar-refractivity contribution >= 4 is 23.4 Å². The Balaban J connectivity index is 1.53. The van der Waals surface area contributed by atoms with Gasteiger partial charge in [-0.2, -0.15) is 0 Å². The fraction of sp³-hybridized carbons (Fsp3) is 0.672. The number of fused-ring (bicyclic) bond motifs is 3. The number of aliphatic hydroxyl groups is 3. The summed E-state index contributed by atoms with van der Waals surface area (Å²) >= 11 is 0. The summed E-state index contributed by atoms with van der Waals surface area (Å²) < 4.78 is 36.7. The van der Waals surface area contributed by atoms with Gasteiger partial charge in [0, 0.05) is 71.1 Å². The molecular formula is C61H90N2O13. The first-order valence-corrected chi connectivity index (χ1v) is 27.7. The average Bonchev–Trinajstić information content (AvgIpc) is 3.41. The molecule has 1 aliphatic carbocycles. The third-order valence-electron chi connectivity index (χ3n) is 16.5. The quantitative estimate of drug-likeness (QED) is 0.0664. The van der Waals surface area contributed by atoms with Gasteiger partial charge in [-0.3, -0.25) is 9.59 Å². The van der Waals surface area contributed by atoms with Crippen molar-refractivity contribution in [3.05, 3.63) is 83.0 Å². The maximum atomic E-state index is 14.7. The number of carbonyl (C=O) groups excluding carboxylic acids is 3. The van der Waals surface area contributed by atoms with Crippen LogP contribution in [-0.2, 0) is 54.2 Å². The molecule has 3 aliphatic heterocycles. The van der Waals surface area contributed by atoms with Crippen molar-refractivity contribution in [3.63, 3.8) is 0 Å². The number of ether oxygens (including phenoxy) is 6. The minimum atomic E-state index is -2.41. The second kappa shape index (κ2) is 30.0. The minimum Gasteiger partial charge on any atom is -0.460 e. The van der Waals surface area contributed by atoms with E-state index in [2.05, 4.69) is 24.1 Å². The number of piperidine rings is 1. The van der Waals surface area contributed by atoms with Crippen molar-refractivity contribution in [2.75, 3.05) is 35.0 Å². The lowest BCUT2D eigenvalue weighted by molar-refractivity contribution is -0.265. The first-order chi connectivity index (χ1) is 36.3. The van der Waals surface area contributed by atoms with Gasteiger partial charge in [-0.15, -0.1) is 6.42 Å². The zero-order chi connectivity index (χ0) is 55.7. The lowest BCUT2D eigenvalue weighted by Crippen LogP contribution is -2.61. The molecule has 0 unspecified atom stereocenters. The predicted molar refractivity (Wildman–Crippen MR) is 293 cm³/mol. The standard InChI is InChI=1S/C61H90N2O13/c1-13-45-23-25-46(26-24-45)37-74-62-55-42(6)31-38(2)19-15-14-16-20-39(3)51(70-9)35-48-28-22-44(8)61(69,76-48)58(66)59(67)63-30-18-17-21-49(63)60(68)75-53(41(5)33-47-27-29-50(64)54(34-47)72-11)36-52(71-10)40(4)32-43(7)56(65)57(55)73-12/h1,14-16,19-20,23-26,32,38,40-42,44,47-54,56-57,64-65,69H,17-18,21-22,27-31,33-37H2,2-12H3/b16-14+,19-15+,39-20+,43-32+,62-55-/t38-,40-,41-,42-,44-,47+,48+,49+,50-,51+,52-,53+,54-,56-,57+,61-/m1/s1. The van der Waals surface area contributed by atoms with Gasteiger partial charge in [0.25, 0.3) is 11.7 Å². The van der Waals surface area contributed by atoms with Crippen LogP contribution in [0.1, 0.15) is 137 Å². The zero-order valence-corrected chi connectivity index (χ0v) is 47.2. The molecule has 2 saturated heterocycles. The van der Waals surface area contributed by atoms with Crippen LogP contribution in [0, 0.1) is 47.9 Å². The number of aliphatic hydroxyl groups excluding tert-OH is 2. The van der Waals surface area contributed by atoms with Crippen molar-refractivity contribution in [2.24, 2.45) is 40.7 Å². The molecule has 3 N–H and O–H groups in total. The third-order valence-corrected chi connectivity index (χ3v) is 16.5. The summed E-state index contributed by atoms with van der Waals surface area (Å²) in [4.78, 5) is 50.8. The Morgan fingerprint density at radius 3 is 2.24 bits per heavy atom. The van der Waals surface area contributed by atoms with Crippen LogP contribution in [-0.4, -0.2) is 139 Å². The van der Waals surface area contributed by atoms with Crippen LogP contribution in [0.15, 0.2) is 77.0 Å². The highest BCUT2D eigenvalue weighted by molar-refractivity contribution is 6.39. The van der Waals surface area contributed by atoms with E-state index in [0.717, 1.165) is 23.1 Å². The molecule has 4 aliphatic rings. The van der Waals surface area contributed by atoms with E-state index in [1.54, 1.807) is 35.4 Å². The number of Topliss-reactive ketones (excluding diaryl/α,β-unsaturated/α-hetero) is 1. The molecule has 1 aromatic carbocycles. The normalized spacial score (nSPS) is 37.6. The largest absolute Gasteiger partial charge is 0.460 e. The number of esters is 1. The number of amides is 1. The first-order valence-electron chi connectivity index (χ1n) is 27.7. The van der Waals surface area contributed by atoms with E-state index in [9.17, 15) is 29.7 Å². The van der Waals surface area contributed by atoms with E-state index in [1.807, 2.05) is 89.3 Å². The summed E-state index contributed by atoms with van der Waals surface area (Å²) in [5, 5.41) is 39.6. The van der Waals surface area contributed by atoms with Crippen LogP contribution in [0.2, 0.25) is 0 Å². The summed E-state index contributed by atoms with van der Waals surface area (Å²) in [6.45, 7) is 14.0. The van der Waals surface area contributed by atoms with Crippen LogP contribution in [0.4, 0.5) is 0 Å². The molecule has 15 nitrogen and oxygen atoms in total. The van der Waals surface area contributed by atoms with Crippen LogP contribution in [0.3, 0.4) is 0 Å². The van der Waals surface area contributed by atoms with Crippen molar-refractivity contribution in [3.8, 4) is 12.3 Å². The van der Waals surface area contributed by atoms with Gasteiger partial charge in [0.1, 0.15) is 31.0 Å². The fourth-order valence-corrected chi connectivity index (χ4v) is 11.6. The van der Waals surface area contributed by atoms with Gasteiger partial charge in [-0.1, -0.05) is 94.3 Å². The lowest BCUT2D eigenvalue weighted by atomic mass is 9.78. The van der Waals surface area contributed by atoms with Gasteiger partial charge < -0.3 is 53.5 Å². The summed E-state index contributed by atoms with van der Waals surface area (Å²) in [5.74, 6) is -3.63. The highest BCUT2D eigenvalue weighted by Crippen LogP contribution is 2.38. The Hall–Kier alpha value is -4.50. The van der Waals surface area contributed by atoms with E-state index in [1.165, 1.54) is 4.90 Å². The second-order valence-corrected chi connectivity index (χ2v) is 22.2. The van der Waals surface area contributed by atoms with Gasteiger partial charge in [-0.25, -0.2) is 4.79 Å². The number of allylic oxidation sites excluding steroid dienone is 5. The van der Waals surface area contributed by atoms with Crippen molar-refractivity contribution in [1.29, 1.82) is 0 Å². The van der Waals surface area contributed by atoms with Crippen LogP contribution in [0.5, 0.6) is 0 Å². The maximum absolute atomic E-state index is 14.7. The Morgan fingerprint density at radius 1 is 0.842 bits per heavy atom. The van der Waals surface area contributed by atoms with Crippen molar-refractivity contribution in [2.45, 2.75) is 193 Å². The molecule has 5 rings (SSSR count). The number of cyclic esters (lactones) is 1. The molecule has 1 saturated carbocycles. The van der Waals surface area contributed by atoms with E-state index < -0.39 is 78.1 Å². The highest BCUT2D eigenvalue weighted by atomic mass is 16.6. The Morgan fingerprint density at radius 2 is 1.57 bits per heavy atom. The number of hydrogen-bond acceptors (Lipinski definition) is 14. The molecule has 3 heterocycles. The van der Waals surface area contributed by atoms with E-state index in [0.29, 0.717) is 69.1 Å². The number of benzene rings is 1. The molecule has 15 heteroatoms. The van der Waals surface area contributed by atoms with E-state index in [4.69, 9.17) is 39.7 Å². The number of methoxy groups -OCH3 is 4. The average molecular weight is 1060 g/mol. The number of rotatable bonds is 10. The van der Waals surface area contributed by atoms with Gasteiger partial charge in [0.15, 0.2) is 0 Å². The summed E-state index contributed by atoms with van der Waals surface area (Å²) in [6.07, 6.45) is 18.7. The SMILES string of the molecule is C#Cc1ccc(CO/N=C2/[C@H](C)C[C@H](C)/C=C/C=C/C=C(\C)[C@@H](OC)C[C@@H]3CC[C@@H](C)[C@@](O)(O3)C(=O)C(=O)N3CCCC[C@H]3C(=O)O[C@H]([C@H](C)C[C@@H]3CC[C@@H](O)[C@H](OC)C3)C[C@@H](OC)[C@H](C)/C=C(\C)[C@@H](O)[C@H]2OC)cc1. The first kappa shape index (κ1) is 62.3. The Kier molecular flexibility index (Phi) is 24.6.